The van der Waals surface area contributed by atoms with Crippen LogP contribution in [0.5, 0.6) is 0 Å². The summed E-state index contributed by atoms with van der Waals surface area (Å²) in [5.41, 5.74) is 6.82. The van der Waals surface area contributed by atoms with E-state index in [4.69, 9.17) is 0 Å². The molecule has 0 aromatic heterocycles. The fourth-order valence-corrected chi connectivity index (χ4v) is 2.32. The number of aryl methyl sites for hydroxylation is 1. The van der Waals surface area contributed by atoms with Gasteiger partial charge in [-0.05, 0) is 35.6 Å². The molecule has 0 aliphatic heterocycles. The van der Waals surface area contributed by atoms with Crippen molar-refractivity contribution >= 4 is 6.08 Å². The number of benzene rings is 2. The molecule has 78 valence electrons. The summed E-state index contributed by atoms with van der Waals surface area (Å²) in [7, 11) is 0. The van der Waals surface area contributed by atoms with Gasteiger partial charge in [0.05, 0.1) is 0 Å². The molecule has 0 N–H and O–H groups in total. The molecule has 2 aromatic rings. The second-order valence-electron chi connectivity index (χ2n) is 4.35. The van der Waals surface area contributed by atoms with Gasteiger partial charge in [-0.1, -0.05) is 60.2 Å². The minimum atomic E-state index is 1.03. The lowest BCUT2D eigenvalue weighted by Crippen LogP contribution is -1.88. The first-order valence-electron chi connectivity index (χ1n) is 5.70. The maximum absolute atomic E-state index is 2.29. The Kier molecular flexibility index (Phi) is 2.14. The van der Waals surface area contributed by atoms with Crippen molar-refractivity contribution in [1.29, 1.82) is 0 Å². The zero-order valence-electron chi connectivity index (χ0n) is 9.40. The molecule has 0 unspecified atom stereocenters. The Morgan fingerprint density at radius 3 is 2.75 bits per heavy atom. The molecule has 0 heterocycles. The lowest BCUT2D eigenvalue weighted by molar-refractivity contribution is 1.27. The van der Waals surface area contributed by atoms with Gasteiger partial charge in [0.1, 0.15) is 0 Å². The Labute approximate surface area is 96.3 Å². The van der Waals surface area contributed by atoms with Crippen LogP contribution in [0.1, 0.15) is 16.7 Å². The molecule has 0 nitrogen and oxygen atoms in total. The second kappa shape index (κ2) is 3.64. The first-order valence-corrected chi connectivity index (χ1v) is 5.70. The third-order valence-corrected chi connectivity index (χ3v) is 3.15. The molecule has 16 heavy (non-hydrogen) atoms. The highest BCUT2D eigenvalue weighted by atomic mass is 14.1. The molecule has 0 radical (unpaired) electrons. The van der Waals surface area contributed by atoms with Crippen molar-refractivity contribution in [2.45, 2.75) is 13.3 Å². The van der Waals surface area contributed by atoms with E-state index in [1.54, 1.807) is 0 Å². The number of fused-ring (bicyclic) bond motifs is 3. The van der Waals surface area contributed by atoms with Crippen molar-refractivity contribution in [2.75, 3.05) is 0 Å². The van der Waals surface area contributed by atoms with Crippen LogP contribution in [0.15, 0.2) is 48.5 Å². The molecular formula is C16H14. The van der Waals surface area contributed by atoms with E-state index in [2.05, 4.69) is 61.5 Å². The molecule has 0 amide bonds. The van der Waals surface area contributed by atoms with Gasteiger partial charge in [-0.25, -0.2) is 0 Å². The molecule has 0 spiro atoms. The molecule has 0 heteroatoms. The van der Waals surface area contributed by atoms with Crippen LogP contribution in [-0.2, 0) is 6.42 Å². The van der Waals surface area contributed by atoms with E-state index in [9.17, 15) is 0 Å². The largest absolute Gasteiger partial charge is 0.0795 e. The number of hydrogen-bond acceptors (Lipinski definition) is 0. The molecule has 0 saturated carbocycles. The quantitative estimate of drug-likeness (QED) is 0.605. The molecule has 0 bridgehead atoms. The molecule has 1 aliphatic carbocycles. The minimum absolute atomic E-state index is 1.03. The van der Waals surface area contributed by atoms with E-state index in [-0.39, 0.29) is 0 Å². The monoisotopic (exact) mass is 206 g/mol. The van der Waals surface area contributed by atoms with Crippen LogP contribution in [0.2, 0.25) is 0 Å². The average molecular weight is 206 g/mol. The topological polar surface area (TPSA) is 0 Å². The maximum atomic E-state index is 2.29. The minimum Gasteiger partial charge on any atom is -0.0795 e. The van der Waals surface area contributed by atoms with Crippen molar-refractivity contribution < 1.29 is 0 Å². The summed E-state index contributed by atoms with van der Waals surface area (Å²) < 4.78 is 0. The second-order valence-corrected chi connectivity index (χ2v) is 4.35. The van der Waals surface area contributed by atoms with Gasteiger partial charge in [0.2, 0.25) is 0 Å². The van der Waals surface area contributed by atoms with Gasteiger partial charge in [-0.2, -0.15) is 0 Å². The summed E-state index contributed by atoms with van der Waals surface area (Å²) in [4.78, 5) is 0. The molecule has 3 rings (SSSR count). The van der Waals surface area contributed by atoms with E-state index in [0.29, 0.717) is 0 Å². The van der Waals surface area contributed by atoms with Crippen LogP contribution in [0.4, 0.5) is 0 Å². The van der Waals surface area contributed by atoms with Crippen LogP contribution >= 0.6 is 0 Å². The van der Waals surface area contributed by atoms with Crippen LogP contribution < -0.4 is 0 Å². The highest BCUT2D eigenvalue weighted by Gasteiger charge is 2.10. The highest BCUT2D eigenvalue weighted by Crippen LogP contribution is 2.31. The molecule has 1 aliphatic rings. The van der Waals surface area contributed by atoms with Crippen molar-refractivity contribution in [3.63, 3.8) is 0 Å². The SMILES string of the molecule is Cc1ccc2c(c1)-c1ccccc1C=CC2. The van der Waals surface area contributed by atoms with Gasteiger partial charge in [0.15, 0.2) is 0 Å². The van der Waals surface area contributed by atoms with Crippen molar-refractivity contribution in [3.8, 4) is 11.1 Å². The molecule has 0 saturated heterocycles. The molecule has 0 fully saturated rings. The van der Waals surface area contributed by atoms with Crippen LogP contribution in [0.25, 0.3) is 17.2 Å². The standard InChI is InChI=1S/C16H14/c1-12-9-10-14-7-4-6-13-5-2-3-8-15(13)16(14)11-12/h2-6,8-11H,7H2,1H3. The van der Waals surface area contributed by atoms with E-state index in [1.165, 1.54) is 27.8 Å². The lowest BCUT2D eigenvalue weighted by Gasteiger charge is -2.09. The zero-order valence-corrected chi connectivity index (χ0v) is 9.40. The van der Waals surface area contributed by atoms with Crippen LogP contribution in [-0.4, -0.2) is 0 Å². The lowest BCUT2D eigenvalue weighted by atomic mass is 9.95. The Morgan fingerprint density at radius 2 is 1.81 bits per heavy atom. The molecule has 0 atom stereocenters. The Morgan fingerprint density at radius 1 is 0.938 bits per heavy atom. The van der Waals surface area contributed by atoms with E-state index in [1.807, 2.05) is 0 Å². The predicted molar refractivity (Wildman–Crippen MR) is 69.4 cm³/mol. The van der Waals surface area contributed by atoms with Gasteiger partial charge in [0.25, 0.3) is 0 Å². The fourth-order valence-electron chi connectivity index (χ4n) is 2.32. The van der Waals surface area contributed by atoms with Gasteiger partial charge < -0.3 is 0 Å². The van der Waals surface area contributed by atoms with Gasteiger partial charge >= 0.3 is 0 Å². The number of allylic oxidation sites excluding steroid dienone is 1. The molecule has 2 aromatic carbocycles. The summed E-state index contributed by atoms with van der Waals surface area (Å²) >= 11 is 0. The summed E-state index contributed by atoms with van der Waals surface area (Å²) in [6.45, 7) is 2.15. The Balaban J connectivity index is 2.32. The third kappa shape index (κ3) is 1.47. The first kappa shape index (κ1) is 9.41. The van der Waals surface area contributed by atoms with E-state index in [0.717, 1.165) is 6.42 Å². The van der Waals surface area contributed by atoms with Gasteiger partial charge in [0, 0.05) is 0 Å². The average Bonchev–Trinajstić information content (AvgIpc) is 2.48. The normalized spacial score (nSPS) is 12.8. The van der Waals surface area contributed by atoms with Crippen LogP contribution in [0.3, 0.4) is 0 Å². The van der Waals surface area contributed by atoms with Gasteiger partial charge in [-0.15, -0.1) is 0 Å². The molecular weight excluding hydrogens is 192 g/mol. The summed E-state index contributed by atoms with van der Waals surface area (Å²) in [6, 6.07) is 15.3. The highest BCUT2D eigenvalue weighted by molar-refractivity contribution is 5.79. The first-order chi connectivity index (χ1) is 7.84. The summed E-state index contributed by atoms with van der Waals surface area (Å²) in [6.07, 6.45) is 5.51. The Hall–Kier alpha value is -1.82. The zero-order chi connectivity index (χ0) is 11.0. The van der Waals surface area contributed by atoms with Crippen molar-refractivity contribution in [2.24, 2.45) is 0 Å². The summed E-state index contributed by atoms with van der Waals surface area (Å²) in [5.74, 6) is 0. The third-order valence-electron chi connectivity index (χ3n) is 3.15. The fraction of sp³-hybridized carbons (Fsp3) is 0.125. The van der Waals surface area contributed by atoms with Crippen molar-refractivity contribution in [1.82, 2.24) is 0 Å². The Bertz CT molecular complexity index is 562. The van der Waals surface area contributed by atoms with E-state index >= 15 is 0 Å². The number of rotatable bonds is 0. The smallest absolute Gasteiger partial charge is 0.00879 e. The van der Waals surface area contributed by atoms with E-state index < -0.39 is 0 Å². The van der Waals surface area contributed by atoms with Gasteiger partial charge in [-0.3, -0.25) is 0 Å². The predicted octanol–water partition coefficient (Wildman–Crippen LogP) is 4.23. The van der Waals surface area contributed by atoms with Crippen LogP contribution in [0, 0.1) is 6.92 Å². The number of hydrogen-bond donors (Lipinski definition) is 0. The van der Waals surface area contributed by atoms with Crippen molar-refractivity contribution in [3.05, 3.63) is 65.2 Å². The maximum Gasteiger partial charge on any atom is -0.00879 e. The summed E-state index contributed by atoms with van der Waals surface area (Å²) in [5, 5.41) is 0.